The average Bonchev–Trinajstić information content (AvgIpc) is 3.38. The largest absolute Gasteiger partial charge is 0.462 e. The van der Waals surface area contributed by atoms with Gasteiger partial charge in [-0.3, -0.25) is 4.79 Å². The van der Waals surface area contributed by atoms with Crippen LogP contribution in [0.3, 0.4) is 0 Å². The van der Waals surface area contributed by atoms with Crippen molar-refractivity contribution in [3.8, 4) is 0 Å². The zero-order valence-corrected chi connectivity index (χ0v) is 20.0. The van der Waals surface area contributed by atoms with Crippen molar-refractivity contribution in [3.05, 3.63) is 48.0 Å². The number of hydrogen-bond acceptors (Lipinski definition) is 6. The molecule has 186 valence electrons. The summed E-state index contributed by atoms with van der Waals surface area (Å²) in [6, 6.07) is 10.5. The van der Waals surface area contributed by atoms with E-state index >= 15 is 0 Å². The highest BCUT2D eigenvalue weighted by Crippen LogP contribution is 2.44. The van der Waals surface area contributed by atoms with Crippen molar-refractivity contribution in [2.24, 2.45) is 11.8 Å². The Morgan fingerprint density at radius 2 is 1.76 bits per heavy atom. The van der Waals surface area contributed by atoms with E-state index in [-0.39, 0.29) is 48.7 Å². The zero-order valence-electron chi connectivity index (χ0n) is 20.0. The van der Waals surface area contributed by atoms with Gasteiger partial charge in [0, 0.05) is 31.5 Å². The molecule has 3 aliphatic heterocycles. The normalized spacial score (nSPS) is 34.8. The summed E-state index contributed by atoms with van der Waals surface area (Å²) in [6.45, 7) is 1.53. The molecule has 34 heavy (non-hydrogen) atoms. The molecule has 0 radical (unpaired) electrons. The molecule has 3 heterocycles. The molecule has 7 atom stereocenters. The molecule has 0 aromatic heterocycles. The summed E-state index contributed by atoms with van der Waals surface area (Å²) in [4.78, 5) is 12.0. The predicted molar refractivity (Wildman–Crippen MR) is 127 cm³/mol. The molecule has 6 nitrogen and oxygen atoms in total. The van der Waals surface area contributed by atoms with Crippen LogP contribution in [0.4, 0.5) is 0 Å². The minimum Gasteiger partial charge on any atom is -0.462 e. The summed E-state index contributed by atoms with van der Waals surface area (Å²) >= 11 is 0. The molecule has 4 fully saturated rings. The van der Waals surface area contributed by atoms with E-state index in [0.29, 0.717) is 6.42 Å². The number of ether oxygens (including phenoxy) is 5. The van der Waals surface area contributed by atoms with E-state index in [4.69, 9.17) is 23.7 Å². The van der Waals surface area contributed by atoms with Crippen molar-refractivity contribution in [1.82, 2.24) is 0 Å². The number of benzene rings is 1. The van der Waals surface area contributed by atoms with Crippen LogP contribution in [0.5, 0.6) is 0 Å². The maximum absolute atomic E-state index is 12.0. The zero-order chi connectivity index (χ0) is 23.2. The van der Waals surface area contributed by atoms with E-state index in [9.17, 15) is 4.79 Å². The summed E-state index contributed by atoms with van der Waals surface area (Å²) < 4.78 is 30.2. The highest BCUT2D eigenvalue weighted by atomic mass is 16.7. The third-order valence-corrected chi connectivity index (χ3v) is 7.59. The molecule has 0 bridgehead atoms. The van der Waals surface area contributed by atoms with Gasteiger partial charge in [0.05, 0.1) is 18.6 Å². The van der Waals surface area contributed by atoms with Gasteiger partial charge >= 0.3 is 5.97 Å². The summed E-state index contributed by atoms with van der Waals surface area (Å²) in [5.41, 5.74) is 1.31. The van der Waals surface area contributed by atoms with Crippen LogP contribution in [0.1, 0.15) is 63.4 Å². The Hall–Kier alpha value is -1.73. The number of carbonyl (C=O) groups excluding carboxylic acids is 1. The van der Waals surface area contributed by atoms with Gasteiger partial charge in [-0.05, 0) is 56.9 Å². The van der Waals surface area contributed by atoms with Gasteiger partial charge in [-0.15, -0.1) is 0 Å². The van der Waals surface area contributed by atoms with Crippen LogP contribution in [0.25, 0.3) is 0 Å². The van der Waals surface area contributed by atoms with Crippen molar-refractivity contribution in [2.75, 3.05) is 13.2 Å². The molecule has 0 N–H and O–H groups in total. The van der Waals surface area contributed by atoms with E-state index < -0.39 is 0 Å². The molecular weight excluding hydrogens is 432 g/mol. The molecule has 0 spiro atoms. The molecule has 0 amide bonds. The minimum atomic E-state index is -0.148. The number of rotatable bonds is 9. The highest BCUT2D eigenvalue weighted by Gasteiger charge is 2.50. The van der Waals surface area contributed by atoms with Crippen LogP contribution < -0.4 is 0 Å². The third-order valence-electron chi connectivity index (χ3n) is 7.59. The van der Waals surface area contributed by atoms with E-state index in [2.05, 4.69) is 36.4 Å². The van der Waals surface area contributed by atoms with Crippen molar-refractivity contribution in [3.63, 3.8) is 0 Å². The summed E-state index contributed by atoms with van der Waals surface area (Å²) in [5, 5.41) is 0. The standard InChI is InChI=1S/C28H38O6/c29-26-18-23-22(24(19-25(23)33-26)34-28-11-5-7-17-31-28)15-14-21(32-27-10-4-6-16-30-27)13-12-20-8-2-1-3-9-20/h1-3,8-9,14-15,21-25,27-28H,4-7,10-13,16-19H2/t21-,22+,23+,24+,25-,27?,28?/m0/s1. The fourth-order valence-corrected chi connectivity index (χ4v) is 5.75. The van der Waals surface area contributed by atoms with Gasteiger partial charge in [0.2, 0.25) is 0 Å². The maximum Gasteiger partial charge on any atom is 0.306 e. The van der Waals surface area contributed by atoms with E-state index in [1.165, 1.54) is 5.56 Å². The number of hydrogen-bond donors (Lipinski definition) is 0. The first-order valence-electron chi connectivity index (χ1n) is 13.2. The monoisotopic (exact) mass is 470 g/mol. The fraction of sp³-hybridized carbons (Fsp3) is 0.679. The molecular formula is C28H38O6. The molecule has 3 saturated heterocycles. The Morgan fingerprint density at radius 1 is 1.00 bits per heavy atom. The second kappa shape index (κ2) is 11.8. The van der Waals surface area contributed by atoms with E-state index in [1.54, 1.807) is 0 Å². The Bertz CT molecular complexity index is 798. The first-order valence-corrected chi connectivity index (χ1v) is 13.2. The number of fused-ring (bicyclic) bond motifs is 1. The molecule has 6 heteroatoms. The number of esters is 1. The highest BCUT2D eigenvalue weighted by molar-refractivity contribution is 5.72. The SMILES string of the molecule is O=C1C[C@@H]2[C@@H](C=C[C@H](CCc3ccccc3)OC3CCCCO3)[C@H](OC3CCCCO3)C[C@@H]2O1. The first kappa shape index (κ1) is 24.0. The number of aryl methyl sites for hydroxylation is 1. The fourth-order valence-electron chi connectivity index (χ4n) is 5.75. The van der Waals surface area contributed by atoms with Crippen LogP contribution in [-0.2, 0) is 34.9 Å². The smallest absolute Gasteiger partial charge is 0.306 e. The second-order valence-electron chi connectivity index (χ2n) is 10.1. The molecule has 1 aliphatic carbocycles. The lowest BCUT2D eigenvalue weighted by atomic mass is 9.91. The van der Waals surface area contributed by atoms with Gasteiger partial charge < -0.3 is 23.7 Å². The molecule has 1 aromatic carbocycles. The lowest BCUT2D eigenvalue weighted by Gasteiger charge is -2.29. The van der Waals surface area contributed by atoms with Gasteiger partial charge in [0.1, 0.15) is 6.10 Å². The van der Waals surface area contributed by atoms with Gasteiger partial charge in [0.25, 0.3) is 0 Å². The molecule has 2 unspecified atom stereocenters. The maximum atomic E-state index is 12.0. The minimum absolute atomic E-state index is 0.00292. The topological polar surface area (TPSA) is 63.2 Å². The van der Waals surface area contributed by atoms with Crippen molar-refractivity contribution >= 4 is 5.97 Å². The lowest BCUT2D eigenvalue weighted by molar-refractivity contribution is -0.194. The summed E-state index contributed by atoms with van der Waals surface area (Å²) in [7, 11) is 0. The predicted octanol–water partition coefficient (Wildman–Crippen LogP) is 4.95. The Labute approximate surface area is 202 Å². The van der Waals surface area contributed by atoms with Gasteiger partial charge in [-0.25, -0.2) is 0 Å². The van der Waals surface area contributed by atoms with Crippen LogP contribution in [0.15, 0.2) is 42.5 Å². The van der Waals surface area contributed by atoms with Gasteiger partial charge in [-0.2, -0.15) is 0 Å². The molecule has 4 aliphatic rings. The van der Waals surface area contributed by atoms with Crippen LogP contribution >= 0.6 is 0 Å². The summed E-state index contributed by atoms with van der Waals surface area (Å²) in [5.74, 6) is 0.198. The quantitative estimate of drug-likeness (QED) is 0.376. The van der Waals surface area contributed by atoms with Crippen LogP contribution in [0, 0.1) is 11.8 Å². The van der Waals surface area contributed by atoms with E-state index in [0.717, 1.165) is 71.0 Å². The average molecular weight is 471 g/mol. The van der Waals surface area contributed by atoms with Crippen molar-refractivity contribution < 1.29 is 28.5 Å². The number of carbonyl (C=O) groups is 1. The molecule has 5 rings (SSSR count). The first-order chi connectivity index (χ1) is 16.7. The molecule has 1 aromatic rings. The van der Waals surface area contributed by atoms with Crippen LogP contribution in [-0.4, -0.2) is 50.1 Å². The second-order valence-corrected chi connectivity index (χ2v) is 10.1. The van der Waals surface area contributed by atoms with Crippen molar-refractivity contribution in [2.45, 2.75) is 95.1 Å². The van der Waals surface area contributed by atoms with E-state index in [1.807, 2.05) is 6.07 Å². The lowest BCUT2D eigenvalue weighted by Crippen LogP contribution is -2.31. The Balaban J connectivity index is 1.27. The van der Waals surface area contributed by atoms with Gasteiger partial charge in [-0.1, -0.05) is 42.5 Å². The summed E-state index contributed by atoms with van der Waals surface area (Å²) in [6.07, 6.45) is 13.4. The Morgan fingerprint density at radius 3 is 2.50 bits per heavy atom. The van der Waals surface area contributed by atoms with Crippen LogP contribution in [0.2, 0.25) is 0 Å². The Kier molecular flexibility index (Phi) is 8.33. The van der Waals surface area contributed by atoms with Crippen molar-refractivity contribution in [1.29, 1.82) is 0 Å². The van der Waals surface area contributed by atoms with Gasteiger partial charge in [0.15, 0.2) is 12.6 Å². The third kappa shape index (κ3) is 6.28. The molecule has 1 saturated carbocycles.